The molecule has 0 aliphatic carbocycles. The molecule has 0 bridgehead atoms. The van der Waals surface area contributed by atoms with Crippen LogP contribution in [0.4, 0.5) is 0 Å². The zero-order valence-corrected chi connectivity index (χ0v) is 11.6. The van der Waals surface area contributed by atoms with Crippen LogP contribution in [0.2, 0.25) is 5.02 Å². The Kier molecular flexibility index (Phi) is 4.45. The number of halogens is 1. The third-order valence-corrected chi connectivity index (χ3v) is 4.03. The summed E-state index contributed by atoms with van der Waals surface area (Å²) in [6.07, 6.45) is 0. The fourth-order valence-electron chi connectivity index (χ4n) is 1.57. The van der Waals surface area contributed by atoms with Crippen LogP contribution in [0.3, 0.4) is 0 Å². The molecular weight excluding hydrogens is 264 g/mol. The van der Waals surface area contributed by atoms with Crippen LogP contribution in [0.15, 0.2) is 53.4 Å². The summed E-state index contributed by atoms with van der Waals surface area (Å²) in [6.45, 7) is 1.91. The molecule has 0 unspecified atom stereocenters. The van der Waals surface area contributed by atoms with Crippen LogP contribution >= 0.6 is 23.4 Å². The average Bonchev–Trinajstić information content (AvgIpc) is 2.40. The van der Waals surface area contributed by atoms with Crippen LogP contribution in [-0.2, 0) is 0 Å². The van der Waals surface area contributed by atoms with Crippen LogP contribution in [0.5, 0.6) is 0 Å². The second kappa shape index (κ2) is 6.07. The summed E-state index contributed by atoms with van der Waals surface area (Å²) in [5.74, 6) is 0.578. The smallest absolute Gasteiger partial charge is 0.173 e. The second-order valence-electron chi connectivity index (χ2n) is 3.99. The first-order valence-electron chi connectivity index (χ1n) is 5.64. The van der Waals surface area contributed by atoms with Crippen molar-refractivity contribution in [3.8, 4) is 0 Å². The molecule has 18 heavy (non-hydrogen) atoms. The first-order chi connectivity index (χ1) is 8.66. The highest BCUT2D eigenvalue weighted by Crippen LogP contribution is 2.21. The molecule has 0 atom stereocenters. The van der Waals surface area contributed by atoms with Gasteiger partial charge in [-0.3, -0.25) is 4.79 Å². The van der Waals surface area contributed by atoms with Gasteiger partial charge < -0.3 is 0 Å². The number of carbonyl (C=O) groups excluding carboxylic acids is 1. The SMILES string of the molecule is Cc1cc(C(=O)CSc2ccccc2)ccc1Cl. The molecule has 3 heteroatoms. The highest BCUT2D eigenvalue weighted by Gasteiger charge is 2.07. The van der Waals surface area contributed by atoms with Gasteiger partial charge in [0.25, 0.3) is 0 Å². The summed E-state index contributed by atoms with van der Waals surface area (Å²) in [4.78, 5) is 13.1. The number of thioether (sulfide) groups is 1. The van der Waals surface area contributed by atoms with Crippen molar-refractivity contribution in [3.63, 3.8) is 0 Å². The van der Waals surface area contributed by atoms with Gasteiger partial charge in [0.15, 0.2) is 5.78 Å². The van der Waals surface area contributed by atoms with Gasteiger partial charge in [0.1, 0.15) is 0 Å². The molecule has 1 nitrogen and oxygen atoms in total. The third-order valence-electron chi connectivity index (χ3n) is 2.59. The maximum Gasteiger partial charge on any atom is 0.173 e. The number of hydrogen-bond donors (Lipinski definition) is 0. The van der Waals surface area contributed by atoms with Crippen LogP contribution < -0.4 is 0 Å². The van der Waals surface area contributed by atoms with E-state index < -0.39 is 0 Å². The van der Waals surface area contributed by atoms with Gasteiger partial charge in [0.05, 0.1) is 5.75 Å². The first kappa shape index (κ1) is 13.2. The van der Waals surface area contributed by atoms with Crippen molar-refractivity contribution in [2.45, 2.75) is 11.8 Å². The molecule has 0 amide bonds. The van der Waals surface area contributed by atoms with Gasteiger partial charge in [-0.2, -0.15) is 0 Å². The van der Waals surface area contributed by atoms with E-state index in [1.54, 1.807) is 23.9 Å². The van der Waals surface area contributed by atoms with Gasteiger partial charge >= 0.3 is 0 Å². The van der Waals surface area contributed by atoms with Crippen molar-refractivity contribution in [1.82, 2.24) is 0 Å². The summed E-state index contributed by atoms with van der Waals surface area (Å²) in [5.41, 5.74) is 1.66. The second-order valence-corrected chi connectivity index (χ2v) is 5.44. The van der Waals surface area contributed by atoms with E-state index >= 15 is 0 Å². The van der Waals surface area contributed by atoms with Gasteiger partial charge in [-0.25, -0.2) is 0 Å². The fraction of sp³-hybridized carbons (Fsp3) is 0.133. The van der Waals surface area contributed by atoms with Gasteiger partial charge in [0.2, 0.25) is 0 Å². The number of Topliss-reactive ketones (excluding diaryl/α,β-unsaturated/α-hetero) is 1. The molecule has 2 rings (SSSR count). The standard InChI is InChI=1S/C15H13ClOS/c1-11-9-12(7-8-14(11)16)15(17)10-18-13-5-3-2-4-6-13/h2-9H,10H2,1H3. The van der Waals surface area contributed by atoms with Gasteiger partial charge in [-0.05, 0) is 42.8 Å². The molecule has 2 aromatic rings. The molecule has 0 saturated carbocycles. The highest BCUT2D eigenvalue weighted by molar-refractivity contribution is 8.00. The lowest BCUT2D eigenvalue weighted by atomic mass is 10.1. The van der Waals surface area contributed by atoms with Crippen molar-refractivity contribution in [2.24, 2.45) is 0 Å². The zero-order valence-electron chi connectivity index (χ0n) is 10.0. The minimum absolute atomic E-state index is 0.128. The van der Waals surface area contributed by atoms with Crippen molar-refractivity contribution in [2.75, 3.05) is 5.75 Å². The Bertz CT molecular complexity index is 552. The minimum atomic E-state index is 0.128. The number of benzene rings is 2. The number of ketones is 1. The van der Waals surface area contributed by atoms with E-state index in [4.69, 9.17) is 11.6 Å². The number of rotatable bonds is 4. The molecule has 92 valence electrons. The predicted octanol–water partition coefficient (Wildman–Crippen LogP) is 4.62. The fourth-order valence-corrected chi connectivity index (χ4v) is 2.50. The normalized spacial score (nSPS) is 10.3. The van der Waals surface area contributed by atoms with Gasteiger partial charge in [-0.1, -0.05) is 29.8 Å². The maximum atomic E-state index is 12.0. The van der Waals surface area contributed by atoms with Gasteiger partial charge in [-0.15, -0.1) is 11.8 Å². The van der Waals surface area contributed by atoms with E-state index in [-0.39, 0.29) is 5.78 Å². The number of aryl methyl sites for hydroxylation is 1. The topological polar surface area (TPSA) is 17.1 Å². The molecule has 0 N–H and O–H groups in total. The largest absolute Gasteiger partial charge is 0.293 e. The van der Waals surface area contributed by atoms with Gasteiger partial charge in [0, 0.05) is 15.5 Å². The Hall–Kier alpha value is -1.25. The summed E-state index contributed by atoms with van der Waals surface area (Å²) in [6, 6.07) is 15.3. The lowest BCUT2D eigenvalue weighted by molar-refractivity contribution is 0.102. The van der Waals surface area contributed by atoms with Crippen LogP contribution in [0.25, 0.3) is 0 Å². The Balaban J connectivity index is 2.02. The molecule has 2 aromatic carbocycles. The molecule has 0 aliphatic rings. The van der Waals surface area contributed by atoms with Crippen molar-refractivity contribution in [3.05, 3.63) is 64.7 Å². The minimum Gasteiger partial charge on any atom is -0.293 e. The van der Waals surface area contributed by atoms with E-state index in [1.165, 1.54) is 0 Å². The van der Waals surface area contributed by atoms with E-state index in [9.17, 15) is 4.79 Å². The van der Waals surface area contributed by atoms with E-state index in [1.807, 2.05) is 43.3 Å². The highest BCUT2D eigenvalue weighted by atomic mass is 35.5. The molecule has 0 aliphatic heterocycles. The Morgan fingerprint density at radius 1 is 1.17 bits per heavy atom. The van der Waals surface area contributed by atoms with Crippen molar-refractivity contribution < 1.29 is 4.79 Å². The summed E-state index contributed by atoms with van der Waals surface area (Å²) in [7, 11) is 0. The quantitative estimate of drug-likeness (QED) is 0.598. The molecule has 0 saturated heterocycles. The lowest BCUT2D eigenvalue weighted by Crippen LogP contribution is -2.02. The Morgan fingerprint density at radius 3 is 2.56 bits per heavy atom. The zero-order chi connectivity index (χ0) is 13.0. The Morgan fingerprint density at radius 2 is 1.89 bits per heavy atom. The van der Waals surface area contributed by atoms with E-state index in [0.717, 1.165) is 16.0 Å². The van der Waals surface area contributed by atoms with E-state index in [0.29, 0.717) is 10.8 Å². The number of carbonyl (C=O) groups is 1. The monoisotopic (exact) mass is 276 g/mol. The lowest BCUT2D eigenvalue weighted by Gasteiger charge is -2.04. The average molecular weight is 277 g/mol. The maximum absolute atomic E-state index is 12.0. The van der Waals surface area contributed by atoms with Crippen LogP contribution in [0.1, 0.15) is 15.9 Å². The van der Waals surface area contributed by atoms with Crippen molar-refractivity contribution >= 4 is 29.1 Å². The molecule has 0 aromatic heterocycles. The van der Waals surface area contributed by atoms with Crippen molar-refractivity contribution in [1.29, 1.82) is 0 Å². The van der Waals surface area contributed by atoms with E-state index in [2.05, 4.69) is 0 Å². The summed E-state index contributed by atoms with van der Waals surface area (Å²) >= 11 is 7.49. The van der Waals surface area contributed by atoms with Crippen LogP contribution in [0, 0.1) is 6.92 Å². The molecule has 0 spiro atoms. The number of hydrogen-bond acceptors (Lipinski definition) is 2. The Labute approximate surface area is 116 Å². The first-order valence-corrected chi connectivity index (χ1v) is 7.00. The molecule has 0 fully saturated rings. The molecule has 0 radical (unpaired) electrons. The summed E-state index contributed by atoms with van der Waals surface area (Å²) < 4.78 is 0. The summed E-state index contributed by atoms with van der Waals surface area (Å²) in [5, 5.41) is 0.697. The predicted molar refractivity (Wildman–Crippen MR) is 77.7 cm³/mol. The van der Waals surface area contributed by atoms with Crippen LogP contribution in [-0.4, -0.2) is 11.5 Å². The molecule has 0 heterocycles. The molecular formula is C15H13ClOS. The third kappa shape index (κ3) is 3.37.